The van der Waals surface area contributed by atoms with Crippen molar-refractivity contribution in [2.45, 2.75) is 51.9 Å². The van der Waals surface area contributed by atoms with E-state index in [1.54, 1.807) is 0 Å². The SMILES string of the molecule is CCc1cc(CC2CCCCC2)ncc1Br. The molecule has 2 heteroatoms. The van der Waals surface area contributed by atoms with Gasteiger partial charge in [0.15, 0.2) is 0 Å². The Morgan fingerprint density at radius 3 is 2.75 bits per heavy atom. The first kappa shape index (κ1) is 12.1. The maximum atomic E-state index is 4.53. The summed E-state index contributed by atoms with van der Waals surface area (Å²) < 4.78 is 1.15. The molecule has 0 N–H and O–H groups in total. The Bertz CT molecular complexity index is 343. The second-order valence-electron chi connectivity index (χ2n) is 4.83. The lowest BCUT2D eigenvalue weighted by molar-refractivity contribution is 0.354. The number of aryl methyl sites for hydroxylation is 1. The molecule has 0 amide bonds. The molecule has 1 aromatic rings. The van der Waals surface area contributed by atoms with Gasteiger partial charge in [0, 0.05) is 16.4 Å². The van der Waals surface area contributed by atoms with Gasteiger partial charge in [-0.3, -0.25) is 4.98 Å². The van der Waals surface area contributed by atoms with Crippen LogP contribution in [0.25, 0.3) is 0 Å². The fourth-order valence-electron chi connectivity index (χ4n) is 2.60. The quantitative estimate of drug-likeness (QED) is 0.793. The third-order valence-electron chi connectivity index (χ3n) is 3.59. The van der Waals surface area contributed by atoms with Crippen LogP contribution in [0.5, 0.6) is 0 Å². The fraction of sp³-hybridized carbons (Fsp3) is 0.643. The number of pyridine rings is 1. The van der Waals surface area contributed by atoms with Crippen LogP contribution < -0.4 is 0 Å². The lowest BCUT2D eigenvalue weighted by atomic mass is 9.86. The standard InChI is InChI=1S/C14H20BrN/c1-2-12-9-13(16-10-14(12)15)8-11-6-4-3-5-7-11/h9-11H,2-8H2,1H3. The maximum Gasteiger partial charge on any atom is 0.0416 e. The highest BCUT2D eigenvalue weighted by atomic mass is 79.9. The Morgan fingerprint density at radius 1 is 1.31 bits per heavy atom. The molecule has 16 heavy (non-hydrogen) atoms. The lowest BCUT2D eigenvalue weighted by Gasteiger charge is -2.21. The van der Waals surface area contributed by atoms with Gasteiger partial charge < -0.3 is 0 Å². The molecule has 88 valence electrons. The molecule has 1 fully saturated rings. The van der Waals surface area contributed by atoms with Gasteiger partial charge in [0.1, 0.15) is 0 Å². The molecule has 0 aliphatic heterocycles. The summed E-state index contributed by atoms with van der Waals surface area (Å²) in [4.78, 5) is 4.53. The smallest absolute Gasteiger partial charge is 0.0416 e. The molecule has 1 saturated carbocycles. The minimum absolute atomic E-state index is 0.882. The van der Waals surface area contributed by atoms with Gasteiger partial charge in [-0.2, -0.15) is 0 Å². The van der Waals surface area contributed by atoms with Crippen molar-refractivity contribution in [3.63, 3.8) is 0 Å². The zero-order chi connectivity index (χ0) is 11.4. The van der Waals surface area contributed by atoms with Crippen LogP contribution in [-0.4, -0.2) is 4.98 Å². The van der Waals surface area contributed by atoms with Crippen molar-refractivity contribution in [2.24, 2.45) is 5.92 Å². The van der Waals surface area contributed by atoms with Crippen LogP contribution in [0.1, 0.15) is 50.3 Å². The minimum Gasteiger partial charge on any atom is -0.260 e. The molecule has 0 saturated heterocycles. The largest absolute Gasteiger partial charge is 0.260 e. The van der Waals surface area contributed by atoms with Crippen LogP contribution >= 0.6 is 15.9 Å². The van der Waals surface area contributed by atoms with Gasteiger partial charge in [-0.15, -0.1) is 0 Å². The van der Waals surface area contributed by atoms with E-state index in [-0.39, 0.29) is 0 Å². The molecule has 0 aromatic carbocycles. The number of rotatable bonds is 3. The molecule has 1 aliphatic rings. The maximum absolute atomic E-state index is 4.53. The molecule has 1 heterocycles. The summed E-state index contributed by atoms with van der Waals surface area (Å²) in [5.74, 6) is 0.882. The zero-order valence-electron chi connectivity index (χ0n) is 10.0. The summed E-state index contributed by atoms with van der Waals surface area (Å²) in [7, 11) is 0. The van der Waals surface area contributed by atoms with Crippen LogP contribution in [0.4, 0.5) is 0 Å². The first-order valence-corrected chi connectivity index (χ1v) is 7.22. The zero-order valence-corrected chi connectivity index (χ0v) is 11.6. The van der Waals surface area contributed by atoms with E-state index >= 15 is 0 Å². The Kier molecular flexibility index (Phi) is 4.39. The van der Waals surface area contributed by atoms with Crippen molar-refractivity contribution in [3.05, 3.63) is 28.0 Å². The van der Waals surface area contributed by atoms with Gasteiger partial charge in [0.2, 0.25) is 0 Å². The molecule has 1 nitrogen and oxygen atoms in total. The van der Waals surface area contributed by atoms with Crippen LogP contribution in [0.2, 0.25) is 0 Å². The summed E-state index contributed by atoms with van der Waals surface area (Å²) in [5.41, 5.74) is 2.67. The lowest BCUT2D eigenvalue weighted by Crippen LogP contribution is -2.10. The molecule has 1 aromatic heterocycles. The molecule has 2 rings (SSSR count). The Hall–Kier alpha value is -0.370. The third kappa shape index (κ3) is 3.07. The summed E-state index contributed by atoms with van der Waals surface area (Å²) in [6.07, 6.45) is 11.3. The van der Waals surface area contributed by atoms with Crippen LogP contribution in [0, 0.1) is 5.92 Å². The highest BCUT2D eigenvalue weighted by Crippen LogP contribution is 2.27. The Labute approximate surface area is 107 Å². The number of hydrogen-bond donors (Lipinski definition) is 0. The summed E-state index contributed by atoms with van der Waals surface area (Å²) in [5, 5.41) is 0. The van der Waals surface area contributed by atoms with E-state index in [9.17, 15) is 0 Å². The number of halogens is 1. The van der Waals surface area contributed by atoms with Gasteiger partial charge in [-0.05, 0) is 46.3 Å². The first-order chi connectivity index (χ1) is 7.79. The molecule has 0 spiro atoms. The molecule has 1 aliphatic carbocycles. The van der Waals surface area contributed by atoms with E-state index < -0.39 is 0 Å². The van der Waals surface area contributed by atoms with E-state index in [1.165, 1.54) is 49.8 Å². The van der Waals surface area contributed by atoms with E-state index in [4.69, 9.17) is 0 Å². The molecule has 0 radical (unpaired) electrons. The predicted octanol–water partition coefficient (Wildman–Crippen LogP) is 4.53. The van der Waals surface area contributed by atoms with E-state index in [1.807, 2.05) is 6.20 Å². The molecule has 0 unspecified atom stereocenters. The predicted molar refractivity (Wildman–Crippen MR) is 71.6 cm³/mol. The van der Waals surface area contributed by atoms with Crippen molar-refractivity contribution in [1.82, 2.24) is 4.98 Å². The average Bonchev–Trinajstić information content (AvgIpc) is 2.33. The Balaban J connectivity index is 2.03. The van der Waals surface area contributed by atoms with Crippen LogP contribution in [0.15, 0.2) is 16.7 Å². The van der Waals surface area contributed by atoms with Crippen LogP contribution in [0.3, 0.4) is 0 Å². The van der Waals surface area contributed by atoms with Gasteiger partial charge in [0.25, 0.3) is 0 Å². The summed E-state index contributed by atoms with van der Waals surface area (Å²) >= 11 is 3.55. The highest BCUT2D eigenvalue weighted by Gasteiger charge is 2.14. The first-order valence-electron chi connectivity index (χ1n) is 6.43. The van der Waals surface area contributed by atoms with Crippen LogP contribution in [-0.2, 0) is 12.8 Å². The van der Waals surface area contributed by atoms with E-state index in [0.29, 0.717) is 0 Å². The molecular formula is C14H20BrN. The summed E-state index contributed by atoms with van der Waals surface area (Å²) in [6, 6.07) is 2.28. The van der Waals surface area contributed by atoms with Gasteiger partial charge in [-0.1, -0.05) is 39.0 Å². The number of aromatic nitrogens is 1. The highest BCUT2D eigenvalue weighted by molar-refractivity contribution is 9.10. The Morgan fingerprint density at radius 2 is 2.06 bits per heavy atom. The topological polar surface area (TPSA) is 12.9 Å². The van der Waals surface area contributed by atoms with Crippen molar-refractivity contribution >= 4 is 15.9 Å². The average molecular weight is 282 g/mol. The monoisotopic (exact) mass is 281 g/mol. The van der Waals surface area contributed by atoms with Gasteiger partial charge in [0.05, 0.1) is 0 Å². The third-order valence-corrected chi connectivity index (χ3v) is 4.31. The van der Waals surface area contributed by atoms with Crippen molar-refractivity contribution in [3.8, 4) is 0 Å². The normalized spacial score (nSPS) is 17.6. The number of nitrogens with zero attached hydrogens (tertiary/aromatic N) is 1. The second kappa shape index (κ2) is 5.81. The minimum atomic E-state index is 0.882. The number of hydrogen-bond acceptors (Lipinski definition) is 1. The van der Waals surface area contributed by atoms with Crippen molar-refractivity contribution in [1.29, 1.82) is 0 Å². The van der Waals surface area contributed by atoms with Gasteiger partial charge >= 0.3 is 0 Å². The molecule has 0 bridgehead atoms. The summed E-state index contributed by atoms with van der Waals surface area (Å²) in [6.45, 7) is 2.20. The van der Waals surface area contributed by atoms with Crippen molar-refractivity contribution in [2.75, 3.05) is 0 Å². The fourth-order valence-corrected chi connectivity index (χ4v) is 3.10. The van der Waals surface area contributed by atoms with Gasteiger partial charge in [-0.25, -0.2) is 0 Å². The van der Waals surface area contributed by atoms with E-state index in [0.717, 1.165) is 16.8 Å². The molecule has 0 atom stereocenters. The van der Waals surface area contributed by atoms with Crippen molar-refractivity contribution < 1.29 is 0 Å². The molecular weight excluding hydrogens is 262 g/mol. The second-order valence-corrected chi connectivity index (χ2v) is 5.68. The van der Waals surface area contributed by atoms with E-state index in [2.05, 4.69) is 33.9 Å².